The van der Waals surface area contributed by atoms with E-state index in [4.69, 9.17) is 5.26 Å². The molecule has 3 aromatic rings. The first kappa shape index (κ1) is 19.8. The van der Waals surface area contributed by atoms with Crippen molar-refractivity contribution in [2.24, 2.45) is 0 Å². The Morgan fingerprint density at radius 1 is 1.23 bits per heavy atom. The van der Waals surface area contributed by atoms with Crippen molar-refractivity contribution < 1.29 is 5.11 Å². The number of nitrogens with one attached hydrogen (secondary N) is 2. The number of hydrogen-bond acceptors (Lipinski definition) is 8. The summed E-state index contributed by atoms with van der Waals surface area (Å²) in [5.74, 6) is 1.60. The van der Waals surface area contributed by atoms with E-state index < -0.39 is 0 Å². The normalized spacial score (nSPS) is 18.7. The van der Waals surface area contributed by atoms with Crippen molar-refractivity contribution in [1.82, 2.24) is 19.5 Å². The molecule has 9 heteroatoms. The van der Waals surface area contributed by atoms with E-state index in [1.165, 1.54) is 0 Å². The Kier molecular flexibility index (Phi) is 5.86. The summed E-state index contributed by atoms with van der Waals surface area (Å²) >= 11 is 0. The molecule has 0 saturated heterocycles. The zero-order valence-corrected chi connectivity index (χ0v) is 16.5. The zero-order valence-electron chi connectivity index (χ0n) is 16.5. The Hall–Kier alpha value is -3.51. The molecular weight excluding hydrogens is 382 g/mol. The largest absolute Gasteiger partial charge is 0.393 e. The lowest BCUT2D eigenvalue weighted by Gasteiger charge is -2.27. The average molecular weight is 405 g/mol. The number of aryl methyl sites for hydroxylation is 1. The van der Waals surface area contributed by atoms with Crippen LogP contribution in [0.4, 0.5) is 17.5 Å². The molecule has 9 nitrogen and oxygen atoms in total. The summed E-state index contributed by atoms with van der Waals surface area (Å²) in [4.78, 5) is 26.0. The Balaban J connectivity index is 1.74. The van der Waals surface area contributed by atoms with E-state index in [2.05, 4.69) is 31.7 Å². The second kappa shape index (κ2) is 8.88. The molecule has 0 atom stereocenters. The van der Waals surface area contributed by atoms with Crippen molar-refractivity contribution in [2.45, 2.75) is 50.8 Å². The first-order valence-corrected chi connectivity index (χ1v) is 10.0. The standard InChI is InChI=1S/C21H23N7O2/c22-7-1-10-28-11-6-14-12-17(26-18-13-23-8-9-24-18)27-20(19(14)21(28)30)25-15-2-4-16(29)5-3-15/h6,8-9,11-13,15-16,29H,1-5,10H2,(H2,24,25,26,27)/t15-,16+. The van der Waals surface area contributed by atoms with Gasteiger partial charge in [0.05, 0.1) is 30.2 Å². The molecule has 1 fully saturated rings. The van der Waals surface area contributed by atoms with Crippen molar-refractivity contribution in [3.63, 3.8) is 0 Å². The van der Waals surface area contributed by atoms with Gasteiger partial charge in [-0.2, -0.15) is 5.26 Å². The number of rotatable bonds is 6. The van der Waals surface area contributed by atoms with Crippen molar-refractivity contribution >= 4 is 28.2 Å². The lowest BCUT2D eigenvalue weighted by molar-refractivity contribution is 0.126. The van der Waals surface area contributed by atoms with E-state index >= 15 is 0 Å². The summed E-state index contributed by atoms with van der Waals surface area (Å²) in [6.45, 7) is 0.333. The minimum atomic E-state index is -0.263. The van der Waals surface area contributed by atoms with Crippen LogP contribution in [-0.2, 0) is 6.54 Å². The average Bonchev–Trinajstić information content (AvgIpc) is 2.75. The maximum Gasteiger partial charge on any atom is 0.262 e. The van der Waals surface area contributed by atoms with Gasteiger partial charge in [-0.25, -0.2) is 9.97 Å². The minimum absolute atomic E-state index is 0.128. The Morgan fingerprint density at radius 2 is 2.07 bits per heavy atom. The molecule has 0 unspecified atom stereocenters. The van der Waals surface area contributed by atoms with Crippen LogP contribution in [0.25, 0.3) is 10.8 Å². The maximum atomic E-state index is 13.1. The fourth-order valence-corrected chi connectivity index (χ4v) is 3.73. The third-order valence-electron chi connectivity index (χ3n) is 5.28. The third-order valence-corrected chi connectivity index (χ3v) is 5.28. The van der Waals surface area contributed by atoms with Gasteiger partial charge in [0.25, 0.3) is 5.56 Å². The molecule has 0 radical (unpaired) electrons. The molecule has 154 valence electrons. The highest BCUT2D eigenvalue weighted by atomic mass is 16.3. The summed E-state index contributed by atoms with van der Waals surface area (Å²) in [5.41, 5.74) is -0.181. The van der Waals surface area contributed by atoms with E-state index in [1.54, 1.807) is 35.4 Å². The first-order valence-electron chi connectivity index (χ1n) is 10.0. The number of aliphatic hydroxyl groups is 1. The van der Waals surface area contributed by atoms with Crippen LogP contribution in [0.1, 0.15) is 32.1 Å². The van der Waals surface area contributed by atoms with Gasteiger partial charge in [-0.15, -0.1) is 0 Å². The SMILES string of the molecule is N#CCCn1ccc2cc(Nc3cnccn3)nc(N[C@H]3CC[C@@H](O)CC3)c2c1=O. The number of nitrogens with zero attached hydrogens (tertiary/aromatic N) is 5. The van der Waals surface area contributed by atoms with Gasteiger partial charge in [-0.05, 0) is 43.2 Å². The summed E-state index contributed by atoms with van der Waals surface area (Å²) in [5, 5.41) is 26.4. The Bertz CT molecular complexity index is 1120. The molecule has 0 spiro atoms. The van der Waals surface area contributed by atoms with Gasteiger partial charge in [-0.3, -0.25) is 9.78 Å². The van der Waals surface area contributed by atoms with Gasteiger partial charge in [0, 0.05) is 31.2 Å². The van der Waals surface area contributed by atoms with Crippen molar-refractivity contribution in [2.75, 3.05) is 10.6 Å². The molecule has 30 heavy (non-hydrogen) atoms. The van der Waals surface area contributed by atoms with E-state index in [9.17, 15) is 9.90 Å². The number of aliphatic hydroxyl groups excluding tert-OH is 1. The van der Waals surface area contributed by atoms with E-state index in [1.807, 2.05) is 6.07 Å². The maximum absolute atomic E-state index is 13.1. The fraction of sp³-hybridized carbons (Fsp3) is 0.381. The number of aromatic nitrogens is 4. The van der Waals surface area contributed by atoms with Crippen LogP contribution in [0.2, 0.25) is 0 Å². The Labute approximate surface area is 173 Å². The van der Waals surface area contributed by atoms with Crippen LogP contribution >= 0.6 is 0 Å². The van der Waals surface area contributed by atoms with Gasteiger partial charge in [0.1, 0.15) is 17.5 Å². The van der Waals surface area contributed by atoms with Crippen LogP contribution in [0.3, 0.4) is 0 Å². The summed E-state index contributed by atoms with van der Waals surface area (Å²) in [6.07, 6.45) is 9.53. The number of hydrogen-bond donors (Lipinski definition) is 3. The molecule has 3 N–H and O–H groups in total. The quantitative estimate of drug-likeness (QED) is 0.571. The monoisotopic (exact) mass is 405 g/mol. The molecular formula is C21H23N7O2. The predicted molar refractivity (Wildman–Crippen MR) is 113 cm³/mol. The molecule has 1 aliphatic carbocycles. The molecule has 1 saturated carbocycles. The van der Waals surface area contributed by atoms with E-state index in [0.717, 1.165) is 31.1 Å². The number of nitriles is 1. The van der Waals surface area contributed by atoms with Crippen molar-refractivity contribution in [3.8, 4) is 6.07 Å². The highest BCUT2D eigenvalue weighted by Crippen LogP contribution is 2.27. The van der Waals surface area contributed by atoms with Gasteiger partial charge in [0.15, 0.2) is 0 Å². The van der Waals surface area contributed by atoms with E-state index in [-0.39, 0.29) is 24.1 Å². The predicted octanol–water partition coefficient (Wildman–Crippen LogP) is 2.56. The second-order valence-corrected chi connectivity index (χ2v) is 7.41. The number of fused-ring (bicyclic) bond motifs is 1. The zero-order chi connectivity index (χ0) is 20.9. The second-order valence-electron chi connectivity index (χ2n) is 7.41. The summed E-state index contributed by atoms with van der Waals surface area (Å²) in [7, 11) is 0. The van der Waals surface area contributed by atoms with Crippen LogP contribution in [-0.4, -0.2) is 36.8 Å². The lowest BCUT2D eigenvalue weighted by Crippen LogP contribution is -2.29. The van der Waals surface area contributed by atoms with Gasteiger partial charge >= 0.3 is 0 Å². The lowest BCUT2D eigenvalue weighted by atomic mass is 9.93. The molecule has 0 aliphatic heterocycles. The Morgan fingerprint density at radius 3 is 2.80 bits per heavy atom. The minimum Gasteiger partial charge on any atom is -0.393 e. The van der Waals surface area contributed by atoms with Crippen molar-refractivity contribution in [1.29, 1.82) is 5.26 Å². The summed E-state index contributed by atoms with van der Waals surface area (Å²) in [6, 6.07) is 5.86. The molecule has 3 aromatic heterocycles. The molecule has 4 rings (SSSR count). The third kappa shape index (κ3) is 4.39. The smallest absolute Gasteiger partial charge is 0.262 e. The van der Waals surface area contributed by atoms with Crippen LogP contribution in [0.5, 0.6) is 0 Å². The van der Waals surface area contributed by atoms with E-state index in [0.29, 0.717) is 29.4 Å². The van der Waals surface area contributed by atoms with Crippen LogP contribution in [0.15, 0.2) is 41.7 Å². The highest BCUT2D eigenvalue weighted by Gasteiger charge is 2.21. The number of pyridine rings is 2. The highest BCUT2D eigenvalue weighted by molar-refractivity contribution is 5.93. The van der Waals surface area contributed by atoms with Gasteiger partial charge in [-0.1, -0.05) is 0 Å². The first-order chi connectivity index (χ1) is 14.6. The molecule has 0 aromatic carbocycles. The molecule has 0 amide bonds. The number of anilines is 3. The van der Waals surface area contributed by atoms with Gasteiger partial charge in [0.2, 0.25) is 0 Å². The fourth-order valence-electron chi connectivity index (χ4n) is 3.73. The van der Waals surface area contributed by atoms with Crippen LogP contribution < -0.4 is 16.2 Å². The van der Waals surface area contributed by atoms with Crippen molar-refractivity contribution in [3.05, 3.63) is 47.3 Å². The topological polar surface area (TPSA) is 129 Å². The summed E-state index contributed by atoms with van der Waals surface area (Å²) < 4.78 is 1.54. The molecule has 0 bridgehead atoms. The molecule has 3 heterocycles. The van der Waals surface area contributed by atoms with Gasteiger partial charge < -0.3 is 20.3 Å². The van der Waals surface area contributed by atoms with Crippen LogP contribution in [0, 0.1) is 11.3 Å². The molecule has 1 aliphatic rings.